The van der Waals surface area contributed by atoms with Gasteiger partial charge in [0, 0.05) is 0 Å². The maximum absolute atomic E-state index is 3.83. The molecule has 1 heteroatoms. The van der Waals surface area contributed by atoms with Crippen LogP contribution in [0.1, 0.15) is 31.9 Å². The Morgan fingerprint density at radius 1 is 1.00 bits per heavy atom. The lowest BCUT2D eigenvalue weighted by molar-refractivity contribution is 0.590. The van der Waals surface area contributed by atoms with Gasteiger partial charge in [0.05, 0.1) is 0 Å². The summed E-state index contributed by atoms with van der Waals surface area (Å²) in [6.07, 6.45) is 0. The summed E-state index contributed by atoms with van der Waals surface area (Å²) in [5, 5.41) is 0. The second-order valence-electron chi connectivity index (χ2n) is 4.12. The molecule has 0 spiro atoms. The Morgan fingerprint density at radius 3 is 1.69 bits per heavy atom. The van der Waals surface area contributed by atoms with Gasteiger partial charge in [-0.25, -0.2) is 0 Å². The van der Waals surface area contributed by atoms with Crippen molar-refractivity contribution in [3.05, 3.63) is 35.4 Å². The van der Waals surface area contributed by atoms with Crippen LogP contribution in [0.4, 0.5) is 0 Å². The highest BCUT2D eigenvalue weighted by molar-refractivity contribution is 7.77. The summed E-state index contributed by atoms with van der Waals surface area (Å²) in [6, 6.07) is 8.74. The van der Waals surface area contributed by atoms with Gasteiger partial charge in [0.1, 0.15) is 0 Å². The van der Waals surface area contributed by atoms with Gasteiger partial charge in [-0.2, -0.15) is 0 Å². The third-order valence-corrected chi connectivity index (χ3v) is 1.92. The first kappa shape index (κ1) is 12.3. The van der Waals surface area contributed by atoms with Crippen LogP contribution in [0, 0.1) is 6.92 Å². The third kappa shape index (κ3) is 4.18. The summed E-state index contributed by atoms with van der Waals surface area (Å²) in [4.78, 5) is 0. The fourth-order valence-electron chi connectivity index (χ4n) is 1.05. The molecule has 13 heavy (non-hydrogen) atoms. The highest BCUT2D eigenvalue weighted by Crippen LogP contribution is 2.21. The van der Waals surface area contributed by atoms with Gasteiger partial charge in [0.15, 0.2) is 0 Å². The molecule has 0 fully saturated rings. The van der Waals surface area contributed by atoms with Gasteiger partial charge >= 0.3 is 0 Å². The Morgan fingerprint density at radius 2 is 1.38 bits per heavy atom. The molecule has 0 nitrogen and oxygen atoms in total. The molecule has 0 aliphatic carbocycles. The van der Waals surface area contributed by atoms with Gasteiger partial charge in [-0.15, -0.1) is 0 Å². The second-order valence-corrected chi connectivity index (χ2v) is 4.12. The first-order valence-electron chi connectivity index (χ1n) is 4.36. The van der Waals surface area contributed by atoms with E-state index in [9.17, 15) is 0 Å². The summed E-state index contributed by atoms with van der Waals surface area (Å²) >= 11 is 3.83. The Balaban J connectivity index is 0.000000671. The van der Waals surface area contributed by atoms with Gasteiger partial charge in [-0.1, -0.05) is 62.8 Å². The topological polar surface area (TPSA) is 0 Å². The van der Waals surface area contributed by atoms with E-state index < -0.39 is 0 Å². The van der Waals surface area contributed by atoms with Crippen molar-refractivity contribution in [3.8, 4) is 0 Å². The zero-order chi connectivity index (χ0) is 10.5. The van der Waals surface area contributed by atoms with E-state index in [2.05, 4.69) is 70.0 Å². The zero-order valence-corrected chi connectivity index (χ0v) is 9.74. The third-order valence-electron chi connectivity index (χ3n) is 1.92. The molecule has 0 unspecified atom stereocenters. The number of benzene rings is 1. The fraction of sp³-hybridized carbons (Fsp3) is 0.417. The van der Waals surface area contributed by atoms with Crippen LogP contribution in [0.15, 0.2) is 24.3 Å². The fourth-order valence-corrected chi connectivity index (χ4v) is 1.05. The molecule has 1 aromatic rings. The number of thiocarbonyl (C=S) groups is 1. The predicted molar refractivity (Wildman–Crippen MR) is 64.6 cm³/mol. The molecule has 1 rings (SSSR count). The molecule has 0 saturated carbocycles. The standard InChI is InChI=1S/C11H16.CH2S/c1-9-5-7-10(8-6-9)11(2,3)4;1-2/h5-8H,1-4H3;1H2. The maximum atomic E-state index is 3.83. The van der Waals surface area contributed by atoms with Crippen LogP contribution in [0.25, 0.3) is 0 Å². The Kier molecular flexibility index (Phi) is 4.86. The molecule has 0 bridgehead atoms. The van der Waals surface area contributed by atoms with Gasteiger partial charge in [0.2, 0.25) is 0 Å². The Bertz CT molecular complexity index is 241. The van der Waals surface area contributed by atoms with Crippen LogP contribution in [0.3, 0.4) is 0 Å². The van der Waals surface area contributed by atoms with Crippen LogP contribution in [-0.4, -0.2) is 5.87 Å². The first-order valence-corrected chi connectivity index (χ1v) is 4.94. The van der Waals surface area contributed by atoms with Crippen LogP contribution in [-0.2, 0) is 5.41 Å². The molecule has 72 valence electrons. The minimum atomic E-state index is 0.285. The van der Waals surface area contributed by atoms with Crippen molar-refractivity contribution in [2.24, 2.45) is 0 Å². The van der Waals surface area contributed by atoms with Crippen LogP contribution in [0.2, 0.25) is 0 Å². The lowest BCUT2D eigenvalue weighted by Gasteiger charge is -2.18. The van der Waals surface area contributed by atoms with Crippen molar-refractivity contribution in [1.82, 2.24) is 0 Å². The summed E-state index contributed by atoms with van der Waals surface area (Å²) in [5.41, 5.74) is 3.02. The lowest BCUT2D eigenvalue weighted by atomic mass is 9.87. The molecule has 0 radical (unpaired) electrons. The molecule has 0 aliphatic rings. The van der Waals surface area contributed by atoms with Crippen molar-refractivity contribution in [2.75, 3.05) is 0 Å². The molecular formula is C12H18S. The van der Waals surface area contributed by atoms with Crippen LogP contribution < -0.4 is 0 Å². The van der Waals surface area contributed by atoms with Crippen molar-refractivity contribution < 1.29 is 0 Å². The maximum Gasteiger partial charge on any atom is -0.0132 e. The Hall–Kier alpha value is -0.690. The van der Waals surface area contributed by atoms with E-state index in [1.165, 1.54) is 11.1 Å². The minimum Gasteiger partial charge on any atom is -0.0973 e. The zero-order valence-electron chi connectivity index (χ0n) is 8.92. The monoisotopic (exact) mass is 194 g/mol. The van der Waals surface area contributed by atoms with Gasteiger partial charge in [0.25, 0.3) is 0 Å². The number of aryl methyl sites for hydroxylation is 1. The van der Waals surface area contributed by atoms with Crippen molar-refractivity contribution in [1.29, 1.82) is 0 Å². The molecule has 1 aromatic carbocycles. The molecule has 0 N–H and O–H groups in total. The number of hydrogen-bond acceptors (Lipinski definition) is 1. The molecular weight excluding hydrogens is 176 g/mol. The van der Waals surface area contributed by atoms with Crippen molar-refractivity contribution in [2.45, 2.75) is 33.1 Å². The molecule has 0 aromatic heterocycles. The van der Waals surface area contributed by atoms with E-state index in [1.54, 1.807) is 0 Å². The molecule has 0 heterocycles. The first-order chi connectivity index (χ1) is 6.00. The molecule has 0 aliphatic heterocycles. The van der Waals surface area contributed by atoms with Crippen molar-refractivity contribution in [3.63, 3.8) is 0 Å². The summed E-state index contributed by atoms with van der Waals surface area (Å²) in [7, 11) is 0. The minimum absolute atomic E-state index is 0.285. The van der Waals surface area contributed by atoms with E-state index in [0.29, 0.717) is 0 Å². The Labute approximate surface area is 87.0 Å². The largest absolute Gasteiger partial charge is 0.0973 e. The van der Waals surface area contributed by atoms with Gasteiger partial charge in [-0.05, 0) is 23.8 Å². The van der Waals surface area contributed by atoms with Gasteiger partial charge in [-0.3, -0.25) is 0 Å². The smallest absolute Gasteiger partial charge is 0.0132 e. The van der Waals surface area contributed by atoms with Crippen LogP contribution >= 0.6 is 12.2 Å². The van der Waals surface area contributed by atoms with Gasteiger partial charge < -0.3 is 0 Å². The quantitative estimate of drug-likeness (QED) is 0.564. The highest BCUT2D eigenvalue weighted by atomic mass is 32.1. The van der Waals surface area contributed by atoms with Crippen molar-refractivity contribution >= 4 is 18.1 Å². The highest BCUT2D eigenvalue weighted by Gasteiger charge is 2.11. The average Bonchev–Trinajstić information content (AvgIpc) is 2.07. The van der Waals surface area contributed by atoms with E-state index in [4.69, 9.17) is 0 Å². The molecule has 0 atom stereocenters. The molecule has 0 amide bonds. The average molecular weight is 194 g/mol. The molecule has 0 saturated heterocycles. The normalized spacial score (nSPS) is 10.2. The van der Waals surface area contributed by atoms with E-state index in [1.807, 2.05) is 0 Å². The van der Waals surface area contributed by atoms with E-state index >= 15 is 0 Å². The van der Waals surface area contributed by atoms with Crippen LogP contribution in [0.5, 0.6) is 0 Å². The number of rotatable bonds is 0. The summed E-state index contributed by atoms with van der Waals surface area (Å²) < 4.78 is 0. The summed E-state index contributed by atoms with van der Waals surface area (Å²) in [6.45, 7) is 8.82. The summed E-state index contributed by atoms with van der Waals surface area (Å²) in [5.74, 6) is 2.83. The lowest BCUT2D eigenvalue weighted by Crippen LogP contribution is -2.10. The number of hydrogen-bond donors (Lipinski definition) is 0. The van der Waals surface area contributed by atoms with E-state index in [-0.39, 0.29) is 5.41 Å². The second kappa shape index (κ2) is 5.13. The SMILES string of the molecule is C=S.Cc1ccc(C(C)(C)C)cc1. The van der Waals surface area contributed by atoms with E-state index in [0.717, 1.165) is 0 Å². The predicted octanol–water partition coefficient (Wildman–Crippen LogP) is 3.91.